The van der Waals surface area contributed by atoms with Gasteiger partial charge in [0.25, 0.3) is 0 Å². The fourth-order valence-corrected chi connectivity index (χ4v) is 3.15. The summed E-state index contributed by atoms with van der Waals surface area (Å²) < 4.78 is 10.5. The number of fused-ring (bicyclic) bond motifs is 1. The van der Waals surface area contributed by atoms with Crippen molar-refractivity contribution in [3.8, 4) is 0 Å². The molecule has 0 aromatic rings. The van der Waals surface area contributed by atoms with Gasteiger partial charge in [-0.3, -0.25) is 0 Å². The van der Waals surface area contributed by atoms with E-state index in [0.717, 1.165) is 18.1 Å². The van der Waals surface area contributed by atoms with Crippen LogP contribution >= 0.6 is 11.8 Å². The predicted molar refractivity (Wildman–Crippen MR) is 58.2 cm³/mol. The smallest absolute Gasteiger partial charge is 0.333 e. The van der Waals surface area contributed by atoms with Crippen LogP contribution in [0.5, 0.6) is 0 Å². The van der Waals surface area contributed by atoms with Crippen molar-refractivity contribution >= 4 is 17.7 Å². The van der Waals surface area contributed by atoms with E-state index in [1.54, 1.807) is 24.8 Å². The lowest BCUT2D eigenvalue weighted by atomic mass is 10.3. The van der Waals surface area contributed by atoms with Gasteiger partial charge < -0.3 is 14.4 Å². The Bertz CT molecular complexity index is 292. The molecule has 0 radical (unpaired) electrons. The number of esters is 1. The van der Waals surface area contributed by atoms with Crippen molar-refractivity contribution in [1.82, 2.24) is 4.90 Å². The SMILES string of the molecule is CCOC(=O)/C=C1\S[C@H]2CCO[C@H]2N1C. The van der Waals surface area contributed by atoms with Crippen LogP contribution in [0.25, 0.3) is 0 Å². The van der Waals surface area contributed by atoms with E-state index in [-0.39, 0.29) is 12.2 Å². The molecule has 15 heavy (non-hydrogen) atoms. The Labute approximate surface area is 93.6 Å². The number of hydrogen-bond donors (Lipinski definition) is 0. The van der Waals surface area contributed by atoms with Crippen molar-refractivity contribution in [1.29, 1.82) is 0 Å². The number of nitrogens with zero attached hydrogens (tertiary/aromatic N) is 1. The molecule has 2 fully saturated rings. The van der Waals surface area contributed by atoms with E-state index in [2.05, 4.69) is 0 Å². The molecule has 2 heterocycles. The van der Waals surface area contributed by atoms with Crippen molar-refractivity contribution in [2.75, 3.05) is 20.3 Å². The molecule has 84 valence electrons. The van der Waals surface area contributed by atoms with Crippen LogP contribution in [-0.4, -0.2) is 42.6 Å². The third-order valence-electron chi connectivity index (χ3n) is 2.54. The lowest BCUT2D eigenvalue weighted by Crippen LogP contribution is -2.28. The van der Waals surface area contributed by atoms with E-state index in [0.29, 0.717) is 11.9 Å². The first-order valence-electron chi connectivity index (χ1n) is 5.12. The highest BCUT2D eigenvalue weighted by molar-refractivity contribution is 8.03. The van der Waals surface area contributed by atoms with Crippen molar-refractivity contribution in [3.05, 3.63) is 11.1 Å². The molecule has 5 heteroatoms. The Morgan fingerprint density at radius 3 is 3.27 bits per heavy atom. The first-order valence-corrected chi connectivity index (χ1v) is 6.00. The summed E-state index contributed by atoms with van der Waals surface area (Å²) >= 11 is 1.70. The van der Waals surface area contributed by atoms with Crippen LogP contribution in [0.2, 0.25) is 0 Å². The number of hydrogen-bond acceptors (Lipinski definition) is 5. The molecule has 2 aliphatic heterocycles. The molecular weight excluding hydrogens is 214 g/mol. The maximum atomic E-state index is 11.3. The monoisotopic (exact) mass is 229 g/mol. The summed E-state index contributed by atoms with van der Waals surface area (Å²) in [5, 5.41) is 1.42. The first-order chi connectivity index (χ1) is 7.22. The van der Waals surface area contributed by atoms with Gasteiger partial charge in [-0.25, -0.2) is 4.79 Å². The summed E-state index contributed by atoms with van der Waals surface area (Å²) in [4.78, 5) is 13.3. The zero-order valence-electron chi connectivity index (χ0n) is 8.93. The van der Waals surface area contributed by atoms with Crippen LogP contribution < -0.4 is 0 Å². The van der Waals surface area contributed by atoms with Gasteiger partial charge in [0, 0.05) is 7.05 Å². The predicted octanol–water partition coefficient (Wildman–Crippen LogP) is 1.18. The molecule has 0 saturated carbocycles. The maximum Gasteiger partial charge on any atom is 0.333 e. The third-order valence-corrected chi connectivity index (χ3v) is 3.96. The summed E-state index contributed by atoms with van der Waals surface area (Å²) in [7, 11) is 1.95. The summed E-state index contributed by atoms with van der Waals surface area (Å²) in [6, 6.07) is 0. The third kappa shape index (κ3) is 2.13. The summed E-state index contributed by atoms with van der Waals surface area (Å²) in [5.41, 5.74) is 0. The summed E-state index contributed by atoms with van der Waals surface area (Å²) in [6.07, 6.45) is 2.74. The summed E-state index contributed by atoms with van der Waals surface area (Å²) in [6.45, 7) is 3.04. The number of rotatable bonds is 2. The standard InChI is InChI=1S/C10H15NO3S/c1-3-13-9(12)6-8-11(2)10-7(15-8)4-5-14-10/h6-7,10H,3-5H2,1-2H3/b8-6-/t7-,10+/m0/s1. The maximum absolute atomic E-state index is 11.3. The first kappa shape index (κ1) is 10.8. The van der Waals surface area contributed by atoms with Gasteiger partial charge in [-0.15, -0.1) is 11.8 Å². The Morgan fingerprint density at radius 2 is 2.60 bits per heavy atom. The Balaban J connectivity index is 2.03. The largest absolute Gasteiger partial charge is 0.463 e. The van der Waals surface area contributed by atoms with Crippen molar-refractivity contribution in [2.45, 2.75) is 24.8 Å². The molecule has 2 aliphatic rings. The Hall–Kier alpha value is -0.680. The van der Waals surface area contributed by atoms with Crippen LogP contribution in [0.4, 0.5) is 0 Å². The molecule has 2 atom stereocenters. The van der Waals surface area contributed by atoms with Gasteiger partial charge in [0.2, 0.25) is 0 Å². The van der Waals surface area contributed by atoms with Crippen LogP contribution in [0.1, 0.15) is 13.3 Å². The lowest BCUT2D eigenvalue weighted by Gasteiger charge is -2.19. The van der Waals surface area contributed by atoms with Crippen LogP contribution in [0.15, 0.2) is 11.1 Å². The van der Waals surface area contributed by atoms with Gasteiger partial charge in [-0.05, 0) is 13.3 Å². The molecule has 0 N–H and O–H groups in total. The van der Waals surface area contributed by atoms with Gasteiger partial charge in [-0.1, -0.05) is 0 Å². The molecule has 2 rings (SSSR count). The van der Waals surface area contributed by atoms with Crippen molar-refractivity contribution < 1.29 is 14.3 Å². The highest BCUT2D eigenvalue weighted by Crippen LogP contribution is 2.42. The zero-order chi connectivity index (χ0) is 10.8. The second-order valence-electron chi connectivity index (χ2n) is 3.55. The van der Waals surface area contributed by atoms with Crippen molar-refractivity contribution in [2.24, 2.45) is 0 Å². The van der Waals surface area contributed by atoms with Crippen LogP contribution in [0, 0.1) is 0 Å². The van der Waals surface area contributed by atoms with Gasteiger partial charge >= 0.3 is 5.97 Å². The molecule has 0 aromatic heterocycles. The Morgan fingerprint density at radius 1 is 1.80 bits per heavy atom. The molecule has 2 saturated heterocycles. The second-order valence-corrected chi connectivity index (χ2v) is 4.81. The number of carbonyl (C=O) groups excluding carboxylic acids is 1. The van der Waals surface area contributed by atoms with Gasteiger partial charge in [-0.2, -0.15) is 0 Å². The molecule has 0 bridgehead atoms. The normalized spacial score (nSPS) is 32.1. The highest BCUT2D eigenvalue weighted by atomic mass is 32.2. The molecular formula is C10H15NO3S. The van der Waals surface area contributed by atoms with Gasteiger partial charge in [0.05, 0.1) is 29.6 Å². The molecule has 0 unspecified atom stereocenters. The fraction of sp³-hybridized carbons (Fsp3) is 0.700. The Kier molecular flexibility index (Phi) is 3.21. The topological polar surface area (TPSA) is 38.8 Å². The van der Waals surface area contributed by atoms with E-state index < -0.39 is 0 Å². The minimum Gasteiger partial charge on any atom is -0.463 e. The van der Waals surface area contributed by atoms with E-state index >= 15 is 0 Å². The minimum absolute atomic E-state index is 0.135. The molecule has 0 aliphatic carbocycles. The number of carbonyl (C=O) groups is 1. The van der Waals surface area contributed by atoms with E-state index in [1.807, 2.05) is 11.9 Å². The average molecular weight is 229 g/mol. The van der Waals surface area contributed by atoms with Gasteiger partial charge in [0.1, 0.15) is 6.23 Å². The number of thioether (sulfide) groups is 1. The molecule has 4 nitrogen and oxygen atoms in total. The quantitative estimate of drug-likeness (QED) is 0.525. The summed E-state index contributed by atoms with van der Waals surface area (Å²) in [5.74, 6) is -0.271. The zero-order valence-corrected chi connectivity index (χ0v) is 9.75. The van der Waals surface area contributed by atoms with E-state index in [4.69, 9.17) is 9.47 Å². The number of ether oxygens (including phenoxy) is 2. The van der Waals surface area contributed by atoms with E-state index in [9.17, 15) is 4.79 Å². The molecule has 0 aromatic carbocycles. The second kappa shape index (κ2) is 4.45. The highest BCUT2D eigenvalue weighted by Gasteiger charge is 2.40. The van der Waals surface area contributed by atoms with Crippen LogP contribution in [-0.2, 0) is 14.3 Å². The lowest BCUT2D eigenvalue weighted by molar-refractivity contribution is -0.137. The van der Waals surface area contributed by atoms with Crippen LogP contribution in [0.3, 0.4) is 0 Å². The minimum atomic E-state index is -0.271. The van der Waals surface area contributed by atoms with Gasteiger partial charge in [0.15, 0.2) is 0 Å². The average Bonchev–Trinajstić information content (AvgIpc) is 2.72. The molecule has 0 spiro atoms. The molecule has 0 amide bonds. The van der Waals surface area contributed by atoms with E-state index in [1.165, 1.54) is 0 Å². The fourth-order valence-electron chi connectivity index (χ4n) is 1.82. The van der Waals surface area contributed by atoms with Crippen molar-refractivity contribution in [3.63, 3.8) is 0 Å².